The summed E-state index contributed by atoms with van der Waals surface area (Å²) in [6, 6.07) is 12.1. The van der Waals surface area contributed by atoms with Crippen molar-refractivity contribution >= 4 is 59.5 Å². The van der Waals surface area contributed by atoms with Crippen LogP contribution in [0.25, 0.3) is 0 Å². The number of nitrogens with zero attached hydrogens (tertiary/aromatic N) is 3. The van der Waals surface area contributed by atoms with Gasteiger partial charge in [0.05, 0.1) is 22.4 Å². The second-order valence-corrected chi connectivity index (χ2v) is 21.0. The molecular formula is C42H55N3O13S3. The van der Waals surface area contributed by atoms with Gasteiger partial charge in [-0.25, -0.2) is 4.79 Å². The zero-order valence-corrected chi connectivity index (χ0v) is 37.1. The Morgan fingerprint density at radius 3 is 2.05 bits per heavy atom. The molecule has 0 radical (unpaired) electrons. The summed E-state index contributed by atoms with van der Waals surface area (Å²) in [4.78, 5) is 45.0. The van der Waals surface area contributed by atoms with Gasteiger partial charge in [-0.05, 0) is 80.0 Å². The number of amides is 2. The molecule has 2 unspecified atom stereocenters. The van der Waals surface area contributed by atoms with Gasteiger partial charge in [0.2, 0.25) is 0 Å². The SMILES string of the molecule is CC1(C)\C(=C/C=C/C=C/C2N(CCCCS(=O)(=O)O)c3ccccc3C2(C)CCCCS(=O)(=O)O)N(CCCCCC(=O)ON2C(=O)CCC2=O)c2ccc(S(=O)(=O)O)cc21. The van der Waals surface area contributed by atoms with Crippen molar-refractivity contribution in [3.8, 4) is 0 Å². The van der Waals surface area contributed by atoms with Gasteiger partial charge < -0.3 is 14.6 Å². The lowest BCUT2D eigenvalue weighted by molar-refractivity contribution is -0.197. The highest BCUT2D eigenvalue weighted by Gasteiger charge is 2.46. The molecule has 1 fully saturated rings. The van der Waals surface area contributed by atoms with Crippen LogP contribution in [0, 0.1) is 0 Å². The standard InChI is InChI=1S/C42H55N3O13S3/c1-41(2)33-30-31(61(55,56)57)21-22-35(33)43(26-12-5-8-20-40(48)58-45-38(46)23-24-39(45)47)36(41)18-6-4-7-19-37-42(3,25-11-14-28-59(49,50)51)32-16-9-10-17-34(32)44(37)27-13-15-29-60(52,53)54/h4,6-7,9-10,16-19,21-22,30,37H,5,8,11-15,20,23-29H2,1-3H3,(H,49,50,51)(H,52,53,54)(H,55,56,57)/b6-4+,19-7+,36-18+. The van der Waals surface area contributed by atoms with Gasteiger partial charge in [0.25, 0.3) is 42.2 Å². The van der Waals surface area contributed by atoms with Crippen LogP contribution in [-0.4, -0.2) is 92.4 Å². The highest BCUT2D eigenvalue weighted by atomic mass is 32.2. The van der Waals surface area contributed by atoms with Crippen LogP contribution in [0.15, 0.2) is 83.4 Å². The lowest BCUT2D eigenvalue weighted by Crippen LogP contribution is -2.42. The summed E-state index contributed by atoms with van der Waals surface area (Å²) < 4.78 is 98.6. The first-order valence-electron chi connectivity index (χ1n) is 20.3. The van der Waals surface area contributed by atoms with Gasteiger partial charge in [0.15, 0.2) is 0 Å². The fourth-order valence-electron chi connectivity index (χ4n) is 8.52. The number of carbonyl (C=O) groups is 3. The molecular weight excluding hydrogens is 851 g/mol. The van der Waals surface area contributed by atoms with Crippen LogP contribution in [0.2, 0.25) is 0 Å². The molecule has 0 bridgehead atoms. The smallest absolute Gasteiger partial charge is 0.333 e. The van der Waals surface area contributed by atoms with Crippen molar-refractivity contribution in [1.29, 1.82) is 0 Å². The van der Waals surface area contributed by atoms with E-state index in [9.17, 15) is 53.3 Å². The van der Waals surface area contributed by atoms with E-state index in [1.807, 2.05) is 68.5 Å². The highest BCUT2D eigenvalue weighted by molar-refractivity contribution is 7.86. The van der Waals surface area contributed by atoms with E-state index in [4.69, 9.17) is 4.84 Å². The number of carbonyl (C=O) groups excluding carboxylic acids is 3. The second kappa shape index (κ2) is 19.3. The molecule has 3 aliphatic rings. The van der Waals surface area contributed by atoms with E-state index in [1.165, 1.54) is 12.1 Å². The quantitative estimate of drug-likeness (QED) is 0.0559. The van der Waals surface area contributed by atoms with E-state index >= 15 is 0 Å². The van der Waals surface area contributed by atoms with Crippen LogP contribution in [0.3, 0.4) is 0 Å². The van der Waals surface area contributed by atoms with Crippen LogP contribution in [-0.2, 0) is 60.4 Å². The molecule has 0 saturated carbocycles. The molecule has 2 aromatic rings. The maximum absolute atomic E-state index is 12.3. The van der Waals surface area contributed by atoms with Crippen molar-refractivity contribution in [2.24, 2.45) is 0 Å². The van der Waals surface area contributed by atoms with Crippen molar-refractivity contribution < 1.29 is 58.1 Å². The van der Waals surface area contributed by atoms with Crippen molar-refractivity contribution in [2.45, 2.75) is 113 Å². The van der Waals surface area contributed by atoms with Gasteiger partial charge in [-0.2, -0.15) is 25.3 Å². The average Bonchev–Trinajstić information content (AvgIpc) is 3.69. The minimum atomic E-state index is -4.48. The fourth-order valence-corrected chi connectivity index (χ4v) is 10.2. The third-order valence-corrected chi connectivity index (χ3v) is 14.1. The Labute approximate surface area is 358 Å². The largest absolute Gasteiger partial charge is 0.364 e. The van der Waals surface area contributed by atoms with Gasteiger partial charge in [0, 0.05) is 60.3 Å². The number of imide groups is 1. The van der Waals surface area contributed by atoms with Gasteiger partial charge in [-0.15, -0.1) is 5.06 Å². The highest BCUT2D eigenvalue weighted by Crippen LogP contribution is 2.50. The van der Waals surface area contributed by atoms with E-state index in [2.05, 4.69) is 16.7 Å². The van der Waals surface area contributed by atoms with E-state index in [0.717, 1.165) is 22.6 Å². The summed E-state index contributed by atoms with van der Waals surface area (Å²) in [5.74, 6) is -2.47. The van der Waals surface area contributed by atoms with Crippen molar-refractivity contribution in [3.63, 3.8) is 0 Å². The van der Waals surface area contributed by atoms with E-state index < -0.39 is 59.0 Å². The number of allylic oxidation sites excluding steroid dienone is 5. The minimum absolute atomic E-state index is 0.00627. The number of hydrogen-bond acceptors (Lipinski definition) is 12. The summed E-state index contributed by atoms with van der Waals surface area (Å²) in [6.07, 6.45) is 13.4. The summed E-state index contributed by atoms with van der Waals surface area (Å²) in [6.45, 7) is 7.00. The molecule has 61 heavy (non-hydrogen) atoms. The number of rotatable bonds is 21. The molecule has 5 rings (SSSR count). The molecule has 0 aliphatic carbocycles. The zero-order chi connectivity index (χ0) is 44.8. The average molecular weight is 906 g/mol. The van der Waals surface area contributed by atoms with Gasteiger partial charge >= 0.3 is 5.97 Å². The molecule has 16 nitrogen and oxygen atoms in total. The van der Waals surface area contributed by atoms with Crippen LogP contribution in [0.5, 0.6) is 0 Å². The van der Waals surface area contributed by atoms with E-state index in [1.54, 1.807) is 6.07 Å². The first kappa shape index (κ1) is 47.6. The summed E-state index contributed by atoms with van der Waals surface area (Å²) in [7, 11) is -12.7. The fraction of sp³-hybridized carbons (Fsp3) is 0.500. The van der Waals surface area contributed by atoms with Gasteiger partial charge in [0.1, 0.15) is 0 Å². The van der Waals surface area contributed by atoms with Gasteiger partial charge in [-0.3, -0.25) is 23.2 Å². The van der Waals surface area contributed by atoms with Crippen LogP contribution in [0.1, 0.15) is 103 Å². The Balaban J connectivity index is 1.36. The molecule has 19 heteroatoms. The Kier molecular flexibility index (Phi) is 15.1. The summed E-state index contributed by atoms with van der Waals surface area (Å²) in [5.41, 5.74) is 3.13. The van der Waals surface area contributed by atoms with Crippen molar-refractivity contribution in [3.05, 3.63) is 89.7 Å². The maximum atomic E-state index is 12.3. The predicted octanol–water partition coefficient (Wildman–Crippen LogP) is 6.07. The van der Waals surface area contributed by atoms with E-state index in [0.29, 0.717) is 62.2 Å². The minimum Gasteiger partial charge on any atom is -0.364 e. The molecule has 2 atom stereocenters. The van der Waals surface area contributed by atoms with Crippen molar-refractivity contribution in [1.82, 2.24) is 5.06 Å². The molecule has 1 saturated heterocycles. The number of fused-ring (bicyclic) bond motifs is 2. The summed E-state index contributed by atoms with van der Waals surface area (Å²) in [5, 5.41) is 0.530. The molecule has 334 valence electrons. The van der Waals surface area contributed by atoms with Crippen LogP contribution < -0.4 is 9.80 Å². The maximum Gasteiger partial charge on any atom is 0.333 e. The molecule has 0 aromatic heterocycles. The third-order valence-electron chi connectivity index (χ3n) is 11.6. The number of benzene rings is 2. The number of hydrogen-bond donors (Lipinski definition) is 3. The Hall–Kier alpha value is -4.40. The molecule has 2 amide bonds. The van der Waals surface area contributed by atoms with E-state index in [-0.39, 0.29) is 54.5 Å². The first-order valence-corrected chi connectivity index (χ1v) is 25.0. The summed E-state index contributed by atoms with van der Waals surface area (Å²) >= 11 is 0. The molecule has 0 spiro atoms. The van der Waals surface area contributed by atoms with Crippen LogP contribution in [0.4, 0.5) is 11.4 Å². The Morgan fingerprint density at radius 2 is 1.39 bits per heavy atom. The monoisotopic (exact) mass is 905 g/mol. The van der Waals surface area contributed by atoms with Gasteiger partial charge in [-0.1, -0.05) is 76.1 Å². The number of hydroxylamine groups is 2. The first-order chi connectivity index (χ1) is 28.5. The topological polar surface area (TPSA) is 233 Å². The molecule has 3 N–H and O–H groups in total. The number of anilines is 2. The normalized spacial score (nSPS) is 21.0. The third kappa shape index (κ3) is 12.0. The molecule has 3 heterocycles. The lowest BCUT2D eigenvalue weighted by Gasteiger charge is -2.35. The Morgan fingerprint density at radius 1 is 0.754 bits per heavy atom. The zero-order valence-electron chi connectivity index (χ0n) is 34.6. The molecule has 2 aromatic carbocycles. The molecule has 3 aliphatic heterocycles. The lowest BCUT2D eigenvalue weighted by atomic mass is 9.74. The second-order valence-electron chi connectivity index (χ2n) is 16.4. The number of unbranched alkanes of at least 4 members (excludes halogenated alkanes) is 4. The number of para-hydroxylation sites is 1. The van der Waals surface area contributed by atoms with Crippen LogP contribution >= 0.6 is 0 Å². The van der Waals surface area contributed by atoms with Crippen molar-refractivity contribution in [2.75, 3.05) is 34.4 Å². The predicted molar refractivity (Wildman–Crippen MR) is 229 cm³/mol. The Bertz CT molecular complexity index is 2390.